The standard InChI is InChI=1S/C14H17ClN4S/c15-12-3-1-2-4-13(12)19-7-5-18(6-8-19)10-11-9-17-14(16)20-11/h1-4,9H,5-8,10H2,(H2,16,17). The van der Waals surface area contributed by atoms with Gasteiger partial charge in [-0.25, -0.2) is 4.98 Å². The van der Waals surface area contributed by atoms with Crippen molar-refractivity contribution in [2.45, 2.75) is 6.54 Å². The van der Waals surface area contributed by atoms with Gasteiger partial charge in [-0.1, -0.05) is 23.7 Å². The Hall–Kier alpha value is -1.30. The van der Waals surface area contributed by atoms with Crippen molar-refractivity contribution < 1.29 is 0 Å². The van der Waals surface area contributed by atoms with E-state index in [2.05, 4.69) is 20.9 Å². The zero-order valence-corrected chi connectivity index (χ0v) is 12.7. The molecule has 20 heavy (non-hydrogen) atoms. The molecule has 0 aliphatic carbocycles. The van der Waals surface area contributed by atoms with Crippen molar-refractivity contribution in [3.05, 3.63) is 40.4 Å². The van der Waals surface area contributed by atoms with Crippen molar-refractivity contribution in [3.8, 4) is 0 Å². The molecule has 1 aromatic carbocycles. The van der Waals surface area contributed by atoms with Crippen molar-refractivity contribution in [2.75, 3.05) is 36.8 Å². The Morgan fingerprint density at radius 1 is 1.20 bits per heavy atom. The topological polar surface area (TPSA) is 45.4 Å². The third-order valence-electron chi connectivity index (χ3n) is 3.52. The molecular weight excluding hydrogens is 292 g/mol. The molecule has 0 spiro atoms. The van der Waals surface area contributed by atoms with Gasteiger partial charge in [-0.2, -0.15) is 0 Å². The lowest BCUT2D eigenvalue weighted by atomic mass is 10.2. The summed E-state index contributed by atoms with van der Waals surface area (Å²) >= 11 is 7.82. The summed E-state index contributed by atoms with van der Waals surface area (Å²) in [6.45, 7) is 4.99. The number of halogens is 1. The number of hydrogen-bond donors (Lipinski definition) is 1. The van der Waals surface area contributed by atoms with Crippen LogP contribution in [0.4, 0.5) is 10.8 Å². The highest BCUT2D eigenvalue weighted by Gasteiger charge is 2.19. The summed E-state index contributed by atoms with van der Waals surface area (Å²) in [4.78, 5) is 10.1. The Balaban J connectivity index is 1.58. The van der Waals surface area contributed by atoms with Crippen LogP contribution in [0.3, 0.4) is 0 Å². The fraction of sp³-hybridized carbons (Fsp3) is 0.357. The molecule has 0 atom stereocenters. The van der Waals surface area contributed by atoms with Gasteiger partial charge in [-0.15, -0.1) is 11.3 Å². The van der Waals surface area contributed by atoms with Gasteiger partial charge in [-0.05, 0) is 12.1 Å². The highest BCUT2D eigenvalue weighted by Crippen LogP contribution is 2.26. The minimum Gasteiger partial charge on any atom is -0.375 e. The van der Waals surface area contributed by atoms with E-state index >= 15 is 0 Å². The van der Waals surface area contributed by atoms with Crippen LogP contribution >= 0.6 is 22.9 Å². The molecule has 106 valence electrons. The average Bonchev–Trinajstić information content (AvgIpc) is 2.86. The highest BCUT2D eigenvalue weighted by molar-refractivity contribution is 7.15. The second-order valence-electron chi connectivity index (χ2n) is 4.88. The van der Waals surface area contributed by atoms with Gasteiger partial charge in [0.25, 0.3) is 0 Å². The fourth-order valence-corrected chi connectivity index (χ4v) is 3.45. The molecule has 0 unspecified atom stereocenters. The van der Waals surface area contributed by atoms with Gasteiger partial charge in [0.1, 0.15) is 0 Å². The Morgan fingerprint density at radius 3 is 2.60 bits per heavy atom. The first-order valence-corrected chi connectivity index (χ1v) is 7.84. The molecule has 2 heterocycles. The number of nitrogens with zero attached hydrogens (tertiary/aromatic N) is 3. The Labute approximate surface area is 127 Å². The van der Waals surface area contributed by atoms with E-state index in [0.29, 0.717) is 5.13 Å². The fourth-order valence-electron chi connectivity index (χ4n) is 2.47. The summed E-state index contributed by atoms with van der Waals surface area (Å²) in [5.74, 6) is 0. The summed E-state index contributed by atoms with van der Waals surface area (Å²) in [6.07, 6.45) is 1.88. The van der Waals surface area contributed by atoms with Crippen molar-refractivity contribution >= 4 is 33.8 Å². The predicted octanol–water partition coefficient (Wildman–Crippen LogP) is 2.70. The van der Waals surface area contributed by atoms with Crippen LogP contribution in [0, 0.1) is 0 Å². The number of para-hydroxylation sites is 1. The molecule has 1 aliphatic heterocycles. The molecule has 1 fully saturated rings. The highest BCUT2D eigenvalue weighted by atomic mass is 35.5. The average molecular weight is 309 g/mol. The molecule has 1 saturated heterocycles. The monoisotopic (exact) mass is 308 g/mol. The van der Waals surface area contributed by atoms with Crippen LogP contribution in [0.2, 0.25) is 5.02 Å². The van der Waals surface area contributed by atoms with Crippen LogP contribution in [0.5, 0.6) is 0 Å². The Kier molecular flexibility index (Phi) is 4.10. The maximum absolute atomic E-state index is 6.25. The van der Waals surface area contributed by atoms with E-state index in [1.807, 2.05) is 24.4 Å². The van der Waals surface area contributed by atoms with Gasteiger partial charge in [0.05, 0.1) is 10.7 Å². The molecule has 2 N–H and O–H groups in total. The summed E-state index contributed by atoms with van der Waals surface area (Å²) < 4.78 is 0. The van der Waals surface area contributed by atoms with Crippen LogP contribution in [-0.2, 0) is 6.54 Å². The van der Waals surface area contributed by atoms with Gasteiger partial charge in [-0.3, -0.25) is 4.90 Å². The van der Waals surface area contributed by atoms with Crippen molar-refractivity contribution in [3.63, 3.8) is 0 Å². The molecule has 0 radical (unpaired) electrons. The van der Waals surface area contributed by atoms with Crippen LogP contribution in [0.25, 0.3) is 0 Å². The van der Waals surface area contributed by atoms with E-state index in [9.17, 15) is 0 Å². The second-order valence-corrected chi connectivity index (χ2v) is 6.43. The molecule has 0 saturated carbocycles. The van der Waals surface area contributed by atoms with Gasteiger partial charge >= 0.3 is 0 Å². The number of benzene rings is 1. The summed E-state index contributed by atoms with van der Waals surface area (Å²) in [7, 11) is 0. The number of hydrogen-bond acceptors (Lipinski definition) is 5. The summed E-state index contributed by atoms with van der Waals surface area (Å²) in [6, 6.07) is 8.04. The minimum absolute atomic E-state index is 0.648. The van der Waals surface area contributed by atoms with Gasteiger partial charge in [0.2, 0.25) is 0 Å². The van der Waals surface area contributed by atoms with E-state index < -0.39 is 0 Å². The molecular formula is C14H17ClN4S. The number of piperazine rings is 1. The van der Waals surface area contributed by atoms with Crippen LogP contribution in [0.1, 0.15) is 4.88 Å². The number of aromatic nitrogens is 1. The first-order valence-electron chi connectivity index (χ1n) is 6.64. The molecule has 0 amide bonds. The van der Waals surface area contributed by atoms with Crippen LogP contribution in [-0.4, -0.2) is 36.1 Å². The van der Waals surface area contributed by atoms with E-state index in [0.717, 1.165) is 43.4 Å². The molecule has 3 rings (SSSR count). The molecule has 6 heteroatoms. The maximum Gasteiger partial charge on any atom is 0.180 e. The number of nitrogen functional groups attached to an aromatic ring is 1. The summed E-state index contributed by atoms with van der Waals surface area (Å²) in [5.41, 5.74) is 6.80. The molecule has 1 aromatic heterocycles. The number of thiazole rings is 1. The van der Waals surface area contributed by atoms with E-state index in [1.165, 1.54) is 4.88 Å². The Bertz CT molecular complexity index is 578. The Morgan fingerprint density at radius 2 is 1.95 bits per heavy atom. The van der Waals surface area contributed by atoms with Crippen molar-refractivity contribution in [1.29, 1.82) is 0 Å². The van der Waals surface area contributed by atoms with Gasteiger partial charge in [0, 0.05) is 43.8 Å². The molecule has 2 aromatic rings. The lowest BCUT2D eigenvalue weighted by Gasteiger charge is -2.36. The summed E-state index contributed by atoms with van der Waals surface area (Å²) in [5, 5.41) is 1.48. The number of rotatable bonds is 3. The van der Waals surface area contributed by atoms with Crippen molar-refractivity contribution in [2.24, 2.45) is 0 Å². The van der Waals surface area contributed by atoms with Gasteiger partial charge < -0.3 is 10.6 Å². The molecule has 4 nitrogen and oxygen atoms in total. The van der Waals surface area contributed by atoms with Crippen molar-refractivity contribution in [1.82, 2.24) is 9.88 Å². The van der Waals surface area contributed by atoms with Crippen LogP contribution in [0.15, 0.2) is 30.5 Å². The molecule has 1 aliphatic rings. The second kappa shape index (κ2) is 5.99. The van der Waals surface area contributed by atoms with E-state index in [1.54, 1.807) is 11.3 Å². The zero-order chi connectivity index (χ0) is 13.9. The third-order valence-corrected chi connectivity index (χ3v) is 4.65. The van der Waals surface area contributed by atoms with Crippen LogP contribution < -0.4 is 10.6 Å². The minimum atomic E-state index is 0.648. The number of nitrogens with two attached hydrogens (primary N) is 1. The largest absolute Gasteiger partial charge is 0.375 e. The smallest absolute Gasteiger partial charge is 0.180 e. The third kappa shape index (κ3) is 3.06. The number of anilines is 2. The maximum atomic E-state index is 6.25. The normalized spacial score (nSPS) is 16.6. The van der Waals surface area contributed by atoms with E-state index in [-0.39, 0.29) is 0 Å². The quantitative estimate of drug-likeness (QED) is 0.947. The SMILES string of the molecule is Nc1ncc(CN2CCN(c3ccccc3Cl)CC2)s1. The molecule has 0 bridgehead atoms. The lowest BCUT2D eigenvalue weighted by molar-refractivity contribution is 0.252. The predicted molar refractivity (Wildman–Crippen MR) is 85.5 cm³/mol. The van der Waals surface area contributed by atoms with Gasteiger partial charge in [0.15, 0.2) is 5.13 Å². The van der Waals surface area contributed by atoms with E-state index in [4.69, 9.17) is 17.3 Å². The lowest BCUT2D eigenvalue weighted by Crippen LogP contribution is -2.45. The first kappa shape index (κ1) is 13.7. The zero-order valence-electron chi connectivity index (χ0n) is 11.1. The first-order chi connectivity index (χ1) is 9.72.